The number of fused-ring (bicyclic) bond motifs is 3. The van der Waals surface area contributed by atoms with E-state index in [-0.39, 0.29) is 0 Å². The maximum Gasteiger partial charge on any atom is 0.104 e. The molecule has 0 amide bonds. The van der Waals surface area contributed by atoms with Gasteiger partial charge in [-0.25, -0.2) is 0 Å². The van der Waals surface area contributed by atoms with Crippen molar-refractivity contribution in [1.82, 2.24) is 0 Å². The molecule has 0 aromatic carbocycles. The van der Waals surface area contributed by atoms with Crippen molar-refractivity contribution in [1.29, 1.82) is 0 Å². The van der Waals surface area contributed by atoms with E-state index >= 15 is 0 Å². The van der Waals surface area contributed by atoms with E-state index < -0.39 is 0 Å². The van der Waals surface area contributed by atoms with Crippen LogP contribution in [0.1, 0.15) is 32.1 Å². The molecule has 0 saturated heterocycles. The molecule has 1 spiro atoms. The van der Waals surface area contributed by atoms with E-state index in [0.29, 0.717) is 0 Å². The predicted molar refractivity (Wildman–Crippen MR) is 36.8 cm³/mol. The van der Waals surface area contributed by atoms with E-state index in [1.807, 2.05) is 0 Å². The van der Waals surface area contributed by atoms with E-state index in [0.717, 1.165) is 17.3 Å². The summed E-state index contributed by atoms with van der Waals surface area (Å²) in [5.41, 5.74) is 0.906. The lowest BCUT2D eigenvalue weighted by Gasteiger charge is -2.12. The SMILES string of the molecule is [CH+]1CC2CC1C1(CC1)C2. The second-order valence-electron chi connectivity index (χ2n) is 4.25. The average molecular weight is 121 g/mol. The molecule has 0 heterocycles. The highest BCUT2D eigenvalue weighted by molar-refractivity contribution is 5.13. The van der Waals surface area contributed by atoms with Gasteiger partial charge in [-0.2, -0.15) is 0 Å². The highest BCUT2D eigenvalue weighted by atomic mass is 14.6. The molecular formula is C9H13+. The maximum absolute atomic E-state index is 2.60. The van der Waals surface area contributed by atoms with Gasteiger partial charge in [-0.3, -0.25) is 0 Å². The molecule has 3 rings (SSSR count). The molecule has 0 aliphatic heterocycles. The fraction of sp³-hybridized carbons (Fsp3) is 0.889. The zero-order valence-electron chi connectivity index (χ0n) is 5.77. The molecule has 2 atom stereocenters. The van der Waals surface area contributed by atoms with Crippen molar-refractivity contribution in [3.8, 4) is 0 Å². The van der Waals surface area contributed by atoms with Gasteiger partial charge in [-0.15, -0.1) is 0 Å². The first-order chi connectivity index (χ1) is 4.39. The topological polar surface area (TPSA) is 0 Å². The molecule has 3 aliphatic carbocycles. The van der Waals surface area contributed by atoms with Gasteiger partial charge >= 0.3 is 0 Å². The molecule has 0 aromatic heterocycles. The molecule has 0 aromatic rings. The third-order valence-electron chi connectivity index (χ3n) is 3.72. The van der Waals surface area contributed by atoms with E-state index in [1.165, 1.54) is 6.42 Å². The van der Waals surface area contributed by atoms with E-state index in [4.69, 9.17) is 0 Å². The smallest absolute Gasteiger partial charge is 0.0425 e. The van der Waals surface area contributed by atoms with Crippen molar-refractivity contribution in [2.24, 2.45) is 17.3 Å². The Hall–Kier alpha value is -0.130. The summed E-state index contributed by atoms with van der Waals surface area (Å²) in [5, 5.41) is 0. The van der Waals surface area contributed by atoms with Gasteiger partial charge in [0.25, 0.3) is 0 Å². The van der Waals surface area contributed by atoms with Gasteiger partial charge in [0.1, 0.15) is 5.92 Å². The summed E-state index contributed by atoms with van der Waals surface area (Å²) in [5.74, 6) is 2.19. The minimum Gasteiger partial charge on any atom is -0.0425 e. The second-order valence-corrected chi connectivity index (χ2v) is 4.25. The second kappa shape index (κ2) is 1.16. The lowest BCUT2D eigenvalue weighted by atomic mass is 9.86. The Morgan fingerprint density at radius 1 is 1.33 bits per heavy atom. The largest absolute Gasteiger partial charge is 0.104 e. The minimum atomic E-state index is 0.906. The van der Waals surface area contributed by atoms with Crippen LogP contribution in [0, 0.1) is 23.7 Å². The van der Waals surface area contributed by atoms with Crippen LogP contribution in [-0.2, 0) is 0 Å². The van der Waals surface area contributed by atoms with E-state index in [1.54, 1.807) is 25.7 Å². The average Bonchev–Trinajstić information content (AvgIpc) is 2.40. The predicted octanol–water partition coefficient (Wildman–Crippen LogP) is 2.40. The molecule has 2 unspecified atom stereocenters. The summed E-state index contributed by atoms with van der Waals surface area (Å²) < 4.78 is 0. The Bertz CT molecular complexity index is 144. The zero-order valence-corrected chi connectivity index (χ0v) is 5.77. The van der Waals surface area contributed by atoms with Crippen molar-refractivity contribution in [2.75, 3.05) is 0 Å². The van der Waals surface area contributed by atoms with E-state index in [2.05, 4.69) is 6.42 Å². The molecule has 3 saturated carbocycles. The highest BCUT2D eigenvalue weighted by Crippen LogP contribution is 2.67. The molecule has 0 heteroatoms. The third-order valence-corrected chi connectivity index (χ3v) is 3.72. The van der Waals surface area contributed by atoms with Crippen molar-refractivity contribution in [3.63, 3.8) is 0 Å². The quantitative estimate of drug-likeness (QED) is 0.432. The van der Waals surface area contributed by atoms with Crippen LogP contribution in [0.15, 0.2) is 0 Å². The Kier molecular flexibility index (Phi) is 0.601. The molecule has 3 aliphatic rings. The summed E-state index contributed by atoms with van der Waals surface area (Å²) in [6, 6.07) is 0. The van der Waals surface area contributed by atoms with Crippen molar-refractivity contribution >= 4 is 0 Å². The molecule has 0 nitrogen and oxygen atoms in total. The normalized spacial score (nSPS) is 49.8. The van der Waals surface area contributed by atoms with E-state index in [9.17, 15) is 0 Å². The molecule has 0 N–H and O–H groups in total. The summed E-state index contributed by atoms with van der Waals surface area (Å²) in [7, 11) is 0. The fourth-order valence-corrected chi connectivity index (χ4v) is 3.04. The minimum absolute atomic E-state index is 0.906. The van der Waals surface area contributed by atoms with Crippen LogP contribution in [0.5, 0.6) is 0 Å². The van der Waals surface area contributed by atoms with Crippen molar-refractivity contribution in [2.45, 2.75) is 32.1 Å². The summed E-state index contributed by atoms with van der Waals surface area (Å²) in [6.45, 7) is 0. The van der Waals surface area contributed by atoms with Gasteiger partial charge in [-0.1, -0.05) is 0 Å². The maximum atomic E-state index is 2.60. The van der Waals surface area contributed by atoms with Crippen LogP contribution in [0.25, 0.3) is 0 Å². The molecule has 9 heavy (non-hydrogen) atoms. The van der Waals surface area contributed by atoms with Gasteiger partial charge in [-0.05, 0) is 25.7 Å². The van der Waals surface area contributed by atoms with Crippen LogP contribution in [0.4, 0.5) is 0 Å². The molecular weight excluding hydrogens is 108 g/mol. The van der Waals surface area contributed by atoms with Crippen LogP contribution in [0.2, 0.25) is 0 Å². The number of hydrogen-bond acceptors (Lipinski definition) is 0. The standard InChI is InChI=1S/C9H13/c1-2-8-5-7(1)6-9(8)3-4-9/h2,7-8H,1,3-6H2/q+1. The van der Waals surface area contributed by atoms with Crippen molar-refractivity contribution < 1.29 is 0 Å². The first-order valence-corrected chi connectivity index (χ1v) is 4.22. The van der Waals surface area contributed by atoms with Gasteiger partial charge in [0.15, 0.2) is 0 Å². The number of hydrogen-bond donors (Lipinski definition) is 0. The Labute approximate surface area is 56.6 Å². The number of rotatable bonds is 0. The summed E-state index contributed by atoms with van der Waals surface area (Å²) in [4.78, 5) is 0. The lowest BCUT2D eigenvalue weighted by molar-refractivity contribution is 0.370. The van der Waals surface area contributed by atoms with Crippen LogP contribution < -0.4 is 0 Å². The monoisotopic (exact) mass is 121 g/mol. The first kappa shape index (κ1) is 4.65. The van der Waals surface area contributed by atoms with Gasteiger partial charge in [0, 0.05) is 11.3 Å². The molecule has 0 radical (unpaired) electrons. The molecule has 2 bridgehead atoms. The Morgan fingerprint density at radius 3 is 2.56 bits per heavy atom. The van der Waals surface area contributed by atoms with Gasteiger partial charge in [0.05, 0.1) is 12.8 Å². The molecule has 48 valence electrons. The first-order valence-electron chi connectivity index (χ1n) is 4.22. The van der Waals surface area contributed by atoms with Gasteiger partial charge in [0.2, 0.25) is 0 Å². The van der Waals surface area contributed by atoms with Gasteiger partial charge < -0.3 is 0 Å². The lowest BCUT2D eigenvalue weighted by Crippen LogP contribution is -2.10. The molecule has 3 fully saturated rings. The summed E-state index contributed by atoms with van der Waals surface area (Å²) >= 11 is 0. The Morgan fingerprint density at radius 2 is 2.22 bits per heavy atom. The highest BCUT2D eigenvalue weighted by Gasteiger charge is 2.62. The van der Waals surface area contributed by atoms with Crippen molar-refractivity contribution in [3.05, 3.63) is 6.42 Å². The summed E-state index contributed by atoms with van der Waals surface area (Å²) in [6.07, 6.45) is 10.3. The van der Waals surface area contributed by atoms with Crippen LogP contribution >= 0.6 is 0 Å². The fourth-order valence-electron chi connectivity index (χ4n) is 3.04. The zero-order chi connectivity index (χ0) is 5.90. The van der Waals surface area contributed by atoms with Crippen LogP contribution in [0.3, 0.4) is 0 Å². The Balaban J connectivity index is 1.96. The van der Waals surface area contributed by atoms with Crippen LogP contribution in [-0.4, -0.2) is 0 Å². The third kappa shape index (κ3) is 0.438.